The molecule has 9 nitrogen and oxygen atoms in total. The molecule has 3 aromatic rings. The third kappa shape index (κ3) is 3.56. The minimum atomic E-state index is -0.292. The standard InChI is InChI=1S/C18H19N5O4S/c1-25-12-10-20-16(23-5-7-27-8-6-23)15-14(12)21-18(28-15)22-17(24)11-3-4-19-13(9-11)26-2/h3-4,9-10H,5-8H2,1-2H3,(H,21,22,24). The number of methoxy groups -OCH3 is 2. The van der Waals surface area contributed by atoms with Gasteiger partial charge in [-0.25, -0.2) is 15.0 Å². The van der Waals surface area contributed by atoms with E-state index < -0.39 is 0 Å². The predicted molar refractivity (Wildman–Crippen MR) is 106 cm³/mol. The maximum absolute atomic E-state index is 12.6. The van der Waals surface area contributed by atoms with Crippen LogP contribution in [0, 0.1) is 0 Å². The number of carbonyl (C=O) groups excluding carboxylic acids is 1. The highest BCUT2D eigenvalue weighted by Crippen LogP contribution is 2.38. The second-order valence-corrected chi connectivity index (χ2v) is 6.99. The Labute approximate surface area is 165 Å². The molecule has 0 aliphatic carbocycles. The first-order valence-corrected chi connectivity index (χ1v) is 9.49. The Hall–Kier alpha value is -2.98. The Morgan fingerprint density at radius 2 is 2.07 bits per heavy atom. The van der Waals surface area contributed by atoms with E-state index in [4.69, 9.17) is 14.2 Å². The number of ether oxygens (including phenoxy) is 3. The van der Waals surface area contributed by atoms with Crippen molar-refractivity contribution in [3.05, 3.63) is 30.1 Å². The fraction of sp³-hybridized carbons (Fsp3) is 0.333. The van der Waals surface area contributed by atoms with Crippen molar-refractivity contribution in [2.75, 3.05) is 50.7 Å². The van der Waals surface area contributed by atoms with Crippen molar-refractivity contribution in [3.63, 3.8) is 0 Å². The summed E-state index contributed by atoms with van der Waals surface area (Å²) in [5, 5.41) is 3.31. The Bertz CT molecular complexity index is 1000. The quantitative estimate of drug-likeness (QED) is 0.695. The zero-order chi connectivity index (χ0) is 19.5. The van der Waals surface area contributed by atoms with Crippen molar-refractivity contribution in [2.24, 2.45) is 0 Å². The lowest BCUT2D eigenvalue weighted by Gasteiger charge is -2.28. The van der Waals surface area contributed by atoms with Crippen molar-refractivity contribution < 1.29 is 19.0 Å². The molecule has 1 aliphatic heterocycles. The topological polar surface area (TPSA) is 98.7 Å². The second-order valence-electron chi connectivity index (χ2n) is 5.99. The molecule has 10 heteroatoms. The van der Waals surface area contributed by atoms with Gasteiger partial charge in [0.05, 0.1) is 33.6 Å². The van der Waals surface area contributed by atoms with Crippen LogP contribution >= 0.6 is 11.3 Å². The molecule has 0 spiro atoms. The molecule has 1 saturated heterocycles. The molecular weight excluding hydrogens is 382 g/mol. The first kappa shape index (κ1) is 18.4. The smallest absolute Gasteiger partial charge is 0.257 e. The predicted octanol–water partition coefficient (Wildman–Crippen LogP) is 2.19. The maximum Gasteiger partial charge on any atom is 0.257 e. The number of aromatic nitrogens is 3. The van der Waals surface area contributed by atoms with E-state index in [1.165, 1.54) is 24.6 Å². The number of nitrogens with zero attached hydrogens (tertiary/aromatic N) is 4. The Morgan fingerprint density at radius 3 is 2.82 bits per heavy atom. The summed E-state index contributed by atoms with van der Waals surface area (Å²) in [6.45, 7) is 2.82. The fourth-order valence-electron chi connectivity index (χ4n) is 2.91. The van der Waals surface area contributed by atoms with Gasteiger partial charge >= 0.3 is 0 Å². The lowest BCUT2D eigenvalue weighted by atomic mass is 10.2. The largest absolute Gasteiger partial charge is 0.493 e. The van der Waals surface area contributed by atoms with Gasteiger partial charge in [0, 0.05) is 30.9 Å². The molecule has 3 aromatic heterocycles. The van der Waals surface area contributed by atoms with E-state index in [-0.39, 0.29) is 5.91 Å². The van der Waals surface area contributed by atoms with E-state index in [0.717, 1.165) is 23.6 Å². The molecule has 4 heterocycles. The van der Waals surface area contributed by atoms with Gasteiger partial charge in [0.15, 0.2) is 10.9 Å². The molecule has 0 bridgehead atoms. The van der Waals surface area contributed by atoms with Gasteiger partial charge in [-0.3, -0.25) is 10.1 Å². The molecule has 1 N–H and O–H groups in total. The highest BCUT2D eigenvalue weighted by atomic mass is 32.1. The van der Waals surface area contributed by atoms with Crippen LogP contribution in [0.4, 0.5) is 10.9 Å². The number of carbonyl (C=O) groups is 1. The molecule has 4 rings (SSSR count). The zero-order valence-corrected chi connectivity index (χ0v) is 16.3. The molecule has 28 heavy (non-hydrogen) atoms. The number of pyridine rings is 2. The first-order valence-electron chi connectivity index (χ1n) is 8.67. The number of morpholine rings is 1. The number of hydrogen-bond donors (Lipinski definition) is 1. The van der Waals surface area contributed by atoms with Gasteiger partial charge < -0.3 is 19.1 Å². The van der Waals surface area contributed by atoms with Crippen molar-refractivity contribution in [3.8, 4) is 11.6 Å². The van der Waals surface area contributed by atoms with E-state index in [1.807, 2.05) is 0 Å². The number of fused-ring (bicyclic) bond motifs is 1. The number of thiazole rings is 1. The Balaban J connectivity index is 1.66. The molecule has 1 amide bonds. The van der Waals surface area contributed by atoms with Gasteiger partial charge in [0.25, 0.3) is 5.91 Å². The van der Waals surface area contributed by atoms with Gasteiger partial charge in [-0.2, -0.15) is 0 Å². The van der Waals surface area contributed by atoms with Crippen LogP contribution in [0.1, 0.15) is 10.4 Å². The van der Waals surface area contributed by atoms with Crippen LogP contribution in [0.25, 0.3) is 10.2 Å². The van der Waals surface area contributed by atoms with Crippen LogP contribution in [0.15, 0.2) is 24.5 Å². The molecule has 1 aliphatic rings. The lowest BCUT2D eigenvalue weighted by molar-refractivity contribution is 0.102. The minimum Gasteiger partial charge on any atom is -0.493 e. The summed E-state index contributed by atoms with van der Waals surface area (Å²) in [4.78, 5) is 27.9. The van der Waals surface area contributed by atoms with Crippen LogP contribution < -0.4 is 19.7 Å². The zero-order valence-electron chi connectivity index (χ0n) is 15.5. The summed E-state index contributed by atoms with van der Waals surface area (Å²) in [6, 6.07) is 3.19. The number of rotatable bonds is 5. The van der Waals surface area contributed by atoms with Gasteiger partial charge in [0.1, 0.15) is 16.0 Å². The summed E-state index contributed by atoms with van der Waals surface area (Å²) in [5.41, 5.74) is 1.11. The Morgan fingerprint density at radius 1 is 1.25 bits per heavy atom. The van der Waals surface area contributed by atoms with Gasteiger partial charge in [-0.1, -0.05) is 11.3 Å². The number of anilines is 2. The third-order valence-electron chi connectivity index (χ3n) is 4.32. The van der Waals surface area contributed by atoms with E-state index in [1.54, 1.807) is 25.4 Å². The molecule has 0 radical (unpaired) electrons. The minimum absolute atomic E-state index is 0.292. The van der Waals surface area contributed by atoms with Crippen molar-refractivity contribution in [1.82, 2.24) is 15.0 Å². The third-order valence-corrected chi connectivity index (χ3v) is 5.29. The average molecular weight is 401 g/mol. The summed E-state index contributed by atoms with van der Waals surface area (Å²) in [7, 11) is 3.08. The molecule has 0 aromatic carbocycles. The molecule has 0 atom stereocenters. The van der Waals surface area contributed by atoms with Crippen LogP contribution in [0.5, 0.6) is 11.6 Å². The van der Waals surface area contributed by atoms with Gasteiger partial charge in [-0.05, 0) is 6.07 Å². The average Bonchev–Trinajstić information content (AvgIpc) is 3.17. The van der Waals surface area contributed by atoms with Crippen molar-refractivity contribution in [2.45, 2.75) is 0 Å². The molecule has 146 valence electrons. The Kier molecular flexibility index (Phi) is 5.22. The fourth-order valence-corrected chi connectivity index (χ4v) is 3.90. The number of nitrogens with one attached hydrogen (secondary N) is 1. The second kappa shape index (κ2) is 7.95. The normalized spacial score (nSPS) is 14.1. The van der Waals surface area contributed by atoms with Crippen LogP contribution in [-0.2, 0) is 4.74 Å². The number of hydrogen-bond acceptors (Lipinski definition) is 9. The first-order chi connectivity index (χ1) is 13.7. The SMILES string of the molecule is COc1cc(C(=O)Nc2nc3c(OC)cnc(N4CCOCC4)c3s2)ccn1. The molecule has 0 saturated carbocycles. The van der Waals surface area contributed by atoms with Gasteiger partial charge in [0.2, 0.25) is 5.88 Å². The maximum atomic E-state index is 12.6. The molecule has 0 unspecified atom stereocenters. The van der Waals surface area contributed by atoms with E-state index in [0.29, 0.717) is 41.1 Å². The lowest BCUT2D eigenvalue weighted by Crippen LogP contribution is -2.36. The summed E-state index contributed by atoms with van der Waals surface area (Å²) >= 11 is 1.37. The van der Waals surface area contributed by atoms with Crippen molar-refractivity contribution >= 4 is 38.4 Å². The van der Waals surface area contributed by atoms with Crippen LogP contribution in [-0.4, -0.2) is 61.4 Å². The molecule has 1 fully saturated rings. The molecular formula is C18H19N5O4S. The summed E-state index contributed by atoms with van der Waals surface area (Å²) < 4.78 is 16.8. The van der Waals surface area contributed by atoms with E-state index >= 15 is 0 Å². The number of amides is 1. The summed E-state index contributed by atoms with van der Waals surface area (Å²) in [5.74, 6) is 1.47. The van der Waals surface area contributed by atoms with E-state index in [2.05, 4.69) is 25.2 Å². The highest BCUT2D eigenvalue weighted by Gasteiger charge is 2.21. The summed E-state index contributed by atoms with van der Waals surface area (Å²) in [6.07, 6.45) is 3.18. The monoisotopic (exact) mass is 401 g/mol. The van der Waals surface area contributed by atoms with E-state index in [9.17, 15) is 4.79 Å². The highest BCUT2D eigenvalue weighted by molar-refractivity contribution is 7.23. The van der Waals surface area contributed by atoms with Gasteiger partial charge in [-0.15, -0.1) is 0 Å². The van der Waals surface area contributed by atoms with Crippen LogP contribution in [0.3, 0.4) is 0 Å². The van der Waals surface area contributed by atoms with Crippen LogP contribution in [0.2, 0.25) is 0 Å². The van der Waals surface area contributed by atoms with Crippen molar-refractivity contribution in [1.29, 1.82) is 0 Å².